The van der Waals surface area contributed by atoms with Crippen molar-refractivity contribution >= 4 is 34.0 Å². The highest BCUT2D eigenvalue weighted by atomic mass is 35.5. The van der Waals surface area contributed by atoms with Crippen molar-refractivity contribution in [2.24, 2.45) is 0 Å². The molecule has 4 rings (SSSR count). The van der Waals surface area contributed by atoms with Crippen LogP contribution in [0.2, 0.25) is 5.02 Å². The zero-order valence-corrected chi connectivity index (χ0v) is 16.3. The molecule has 3 aromatic heterocycles. The Morgan fingerprint density at radius 2 is 1.96 bits per heavy atom. The molecule has 142 valence electrons. The number of carbonyl (C=O) groups is 1. The normalized spacial score (nSPS) is 10.9. The van der Waals surface area contributed by atoms with Crippen molar-refractivity contribution in [1.82, 2.24) is 24.5 Å². The second-order valence-corrected chi connectivity index (χ2v) is 7.25. The lowest BCUT2D eigenvalue weighted by Gasteiger charge is -2.10. The quantitative estimate of drug-likeness (QED) is 0.521. The van der Waals surface area contributed by atoms with E-state index in [2.05, 4.69) is 20.6 Å². The van der Waals surface area contributed by atoms with Crippen LogP contribution in [0.15, 0.2) is 55.0 Å². The highest BCUT2D eigenvalue weighted by Gasteiger charge is 2.21. The summed E-state index contributed by atoms with van der Waals surface area (Å²) in [5.74, 6) is 0.274. The fraction of sp³-hybridized carbons (Fsp3) is 0.111. The third-order valence-electron chi connectivity index (χ3n) is 3.86. The summed E-state index contributed by atoms with van der Waals surface area (Å²) < 4.78 is 8.54. The third kappa shape index (κ3) is 3.68. The minimum absolute atomic E-state index is 0.330. The van der Waals surface area contributed by atoms with E-state index in [1.165, 1.54) is 17.5 Å². The van der Waals surface area contributed by atoms with E-state index in [0.717, 1.165) is 5.69 Å². The highest BCUT2D eigenvalue weighted by Crippen LogP contribution is 2.23. The van der Waals surface area contributed by atoms with Crippen molar-refractivity contribution in [2.45, 2.75) is 6.61 Å². The molecule has 1 N–H and O–H groups in total. The second kappa shape index (κ2) is 7.93. The van der Waals surface area contributed by atoms with Crippen molar-refractivity contribution in [3.05, 3.63) is 70.6 Å². The van der Waals surface area contributed by atoms with Crippen molar-refractivity contribution in [3.8, 4) is 11.5 Å². The van der Waals surface area contributed by atoms with Gasteiger partial charge >= 0.3 is 0 Å². The van der Waals surface area contributed by atoms with Gasteiger partial charge in [0, 0.05) is 24.5 Å². The van der Waals surface area contributed by atoms with Crippen molar-refractivity contribution in [1.29, 1.82) is 0 Å². The van der Waals surface area contributed by atoms with Gasteiger partial charge in [-0.05, 0) is 36.4 Å². The number of halogens is 1. The first-order valence-electron chi connectivity index (χ1n) is 8.25. The van der Waals surface area contributed by atoms with Crippen LogP contribution in [0.3, 0.4) is 0 Å². The maximum Gasteiger partial charge on any atom is 0.262 e. The molecule has 0 atom stereocenters. The number of rotatable bonds is 6. The van der Waals surface area contributed by atoms with Crippen LogP contribution in [0.1, 0.15) is 15.4 Å². The molecule has 4 aromatic rings. The van der Waals surface area contributed by atoms with Gasteiger partial charge in [-0.2, -0.15) is 5.10 Å². The largest absolute Gasteiger partial charge is 0.377 e. The summed E-state index contributed by atoms with van der Waals surface area (Å²) in [6, 6.07) is 11.0. The summed E-state index contributed by atoms with van der Waals surface area (Å²) in [6.45, 7) is 0.344. The molecule has 0 aliphatic heterocycles. The lowest BCUT2D eigenvalue weighted by atomic mass is 10.3. The Morgan fingerprint density at radius 3 is 2.68 bits per heavy atom. The number of aromatic nitrogens is 5. The predicted octanol–water partition coefficient (Wildman–Crippen LogP) is 3.57. The lowest BCUT2D eigenvalue weighted by molar-refractivity contribution is 0.102. The Bertz CT molecular complexity index is 1090. The molecule has 0 saturated carbocycles. The Hall–Kier alpha value is -3.01. The maximum absolute atomic E-state index is 12.9. The molecule has 0 saturated heterocycles. The van der Waals surface area contributed by atoms with Gasteiger partial charge in [0.15, 0.2) is 5.82 Å². The van der Waals surface area contributed by atoms with E-state index in [9.17, 15) is 4.79 Å². The molecule has 8 nitrogen and oxygen atoms in total. The predicted molar refractivity (Wildman–Crippen MR) is 106 cm³/mol. The maximum atomic E-state index is 12.9. The van der Waals surface area contributed by atoms with Gasteiger partial charge in [-0.15, -0.1) is 10.2 Å². The van der Waals surface area contributed by atoms with Gasteiger partial charge in [-0.1, -0.05) is 22.9 Å². The van der Waals surface area contributed by atoms with Crippen LogP contribution in [-0.4, -0.2) is 37.6 Å². The average Bonchev–Trinajstić information content (AvgIpc) is 3.43. The van der Waals surface area contributed by atoms with Crippen LogP contribution in [0.25, 0.3) is 11.5 Å². The Balaban J connectivity index is 1.70. The van der Waals surface area contributed by atoms with Gasteiger partial charge in [0.05, 0.1) is 11.9 Å². The summed E-state index contributed by atoms with van der Waals surface area (Å²) in [5, 5.41) is 16.8. The van der Waals surface area contributed by atoms with Crippen LogP contribution >= 0.6 is 22.9 Å². The van der Waals surface area contributed by atoms with E-state index in [1.807, 2.05) is 41.2 Å². The zero-order chi connectivity index (χ0) is 19.5. The van der Waals surface area contributed by atoms with Crippen LogP contribution in [0.4, 0.5) is 5.13 Å². The molecule has 0 radical (unpaired) electrons. The molecule has 1 amide bonds. The van der Waals surface area contributed by atoms with Gasteiger partial charge in [0.1, 0.15) is 17.2 Å². The van der Waals surface area contributed by atoms with Gasteiger partial charge in [-0.3, -0.25) is 10.1 Å². The molecule has 0 spiro atoms. The first-order chi connectivity index (χ1) is 13.7. The monoisotopic (exact) mass is 414 g/mol. The second-order valence-electron chi connectivity index (χ2n) is 5.75. The van der Waals surface area contributed by atoms with E-state index in [-0.39, 0.29) is 5.91 Å². The number of methoxy groups -OCH3 is 1. The molecule has 0 aliphatic rings. The minimum Gasteiger partial charge on any atom is -0.377 e. The van der Waals surface area contributed by atoms with Crippen LogP contribution < -0.4 is 5.32 Å². The Morgan fingerprint density at radius 1 is 1.21 bits per heavy atom. The summed E-state index contributed by atoms with van der Waals surface area (Å²) in [6.07, 6.45) is 5.22. The van der Waals surface area contributed by atoms with Gasteiger partial charge in [-0.25, -0.2) is 4.68 Å². The number of hydrogen-bond donors (Lipinski definition) is 1. The molecule has 0 bridgehead atoms. The summed E-state index contributed by atoms with van der Waals surface area (Å²) in [5.41, 5.74) is 1.18. The van der Waals surface area contributed by atoms with Gasteiger partial charge in [0.25, 0.3) is 5.91 Å². The van der Waals surface area contributed by atoms with Crippen LogP contribution in [-0.2, 0) is 11.3 Å². The SMILES string of the molecule is COCc1nnc(NC(=O)c2cnn(-c3ccc(Cl)cc3)c2-n2cccc2)s1. The average molecular weight is 415 g/mol. The van der Waals surface area contributed by atoms with Gasteiger partial charge in [0.2, 0.25) is 5.13 Å². The van der Waals surface area contributed by atoms with E-state index in [0.29, 0.717) is 33.2 Å². The molecule has 28 heavy (non-hydrogen) atoms. The molecule has 0 aliphatic carbocycles. The molecule has 0 unspecified atom stereocenters. The first kappa shape index (κ1) is 18.4. The minimum atomic E-state index is -0.330. The van der Waals surface area contributed by atoms with E-state index in [4.69, 9.17) is 16.3 Å². The summed E-state index contributed by atoms with van der Waals surface area (Å²) in [7, 11) is 1.58. The number of benzene rings is 1. The fourth-order valence-corrected chi connectivity index (χ4v) is 3.48. The van der Waals surface area contributed by atoms with Crippen LogP contribution in [0, 0.1) is 0 Å². The molecule has 3 heterocycles. The Kier molecular flexibility index (Phi) is 5.20. The van der Waals surface area contributed by atoms with Crippen LogP contribution in [0.5, 0.6) is 0 Å². The van der Waals surface area contributed by atoms with Crippen molar-refractivity contribution in [3.63, 3.8) is 0 Å². The third-order valence-corrected chi connectivity index (χ3v) is 4.93. The summed E-state index contributed by atoms with van der Waals surface area (Å²) >= 11 is 7.25. The molecule has 0 fully saturated rings. The Labute approximate surface area is 169 Å². The first-order valence-corrected chi connectivity index (χ1v) is 9.45. The van der Waals surface area contributed by atoms with E-state index < -0.39 is 0 Å². The van der Waals surface area contributed by atoms with E-state index >= 15 is 0 Å². The topological polar surface area (TPSA) is 86.9 Å². The molecular weight excluding hydrogens is 400 g/mol. The summed E-state index contributed by atoms with van der Waals surface area (Å²) in [4.78, 5) is 12.9. The smallest absolute Gasteiger partial charge is 0.262 e. The molecular formula is C18H15ClN6O2S. The number of hydrogen-bond acceptors (Lipinski definition) is 6. The number of nitrogens with one attached hydrogen (secondary N) is 1. The standard InChI is InChI=1S/C18H15ClN6O2S/c1-27-11-15-22-23-18(28-15)21-16(26)14-10-20-25(13-6-4-12(19)5-7-13)17(14)24-8-2-3-9-24/h2-10H,11H2,1H3,(H,21,23,26). The molecule has 1 aromatic carbocycles. The van der Waals surface area contributed by atoms with Crippen molar-refractivity contribution in [2.75, 3.05) is 12.4 Å². The number of carbonyl (C=O) groups excluding carboxylic acids is 1. The lowest BCUT2D eigenvalue weighted by Crippen LogP contribution is -2.15. The number of amides is 1. The fourth-order valence-electron chi connectivity index (χ4n) is 2.65. The number of nitrogens with zero attached hydrogens (tertiary/aromatic N) is 5. The highest BCUT2D eigenvalue weighted by molar-refractivity contribution is 7.15. The number of ether oxygens (including phenoxy) is 1. The van der Waals surface area contributed by atoms with E-state index in [1.54, 1.807) is 23.9 Å². The van der Waals surface area contributed by atoms with Gasteiger partial charge < -0.3 is 9.30 Å². The van der Waals surface area contributed by atoms with Crippen molar-refractivity contribution < 1.29 is 9.53 Å². The zero-order valence-electron chi connectivity index (χ0n) is 14.7. The molecule has 10 heteroatoms. The number of anilines is 1.